The number of aromatic nitrogens is 2. The number of nitrogens with one attached hydrogen (secondary N) is 1. The van der Waals surface area contributed by atoms with Gasteiger partial charge in [0, 0.05) is 56.7 Å². The fourth-order valence-electron chi connectivity index (χ4n) is 5.65. The van der Waals surface area contributed by atoms with Crippen molar-refractivity contribution in [3.63, 3.8) is 0 Å². The van der Waals surface area contributed by atoms with E-state index in [2.05, 4.69) is 82.6 Å². The van der Waals surface area contributed by atoms with Gasteiger partial charge in [0.1, 0.15) is 0 Å². The third-order valence-electron chi connectivity index (χ3n) is 7.62. The zero-order valence-corrected chi connectivity index (χ0v) is 20.5. The minimum absolute atomic E-state index is 0.00757. The van der Waals surface area contributed by atoms with Crippen LogP contribution in [0.2, 0.25) is 0 Å². The number of rotatable bonds is 5. The first kappa shape index (κ1) is 22.8. The highest BCUT2D eigenvalue weighted by Crippen LogP contribution is 2.35. The van der Waals surface area contributed by atoms with Gasteiger partial charge in [-0.3, -0.25) is 4.79 Å². The molecule has 1 aromatic heterocycles. The lowest BCUT2D eigenvalue weighted by Gasteiger charge is -2.42. The van der Waals surface area contributed by atoms with Crippen LogP contribution in [-0.4, -0.2) is 76.9 Å². The second kappa shape index (κ2) is 9.74. The summed E-state index contributed by atoms with van der Waals surface area (Å²) < 4.78 is 0. The van der Waals surface area contributed by atoms with Gasteiger partial charge < -0.3 is 20.0 Å². The summed E-state index contributed by atoms with van der Waals surface area (Å²) in [5, 5.41) is 3.40. The summed E-state index contributed by atoms with van der Waals surface area (Å²) in [5.74, 6) is 1.62. The Kier molecular flexibility index (Phi) is 6.55. The minimum Gasteiger partial charge on any atom is -0.380 e. The van der Waals surface area contributed by atoms with Crippen molar-refractivity contribution in [2.75, 3.05) is 45.6 Å². The van der Waals surface area contributed by atoms with Crippen LogP contribution in [0.15, 0.2) is 48.8 Å². The molecule has 1 amide bonds. The molecule has 0 radical (unpaired) electrons. The summed E-state index contributed by atoms with van der Waals surface area (Å²) in [5.41, 5.74) is 3.40. The van der Waals surface area contributed by atoms with Gasteiger partial charge in [0.05, 0.1) is 12.2 Å². The molecule has 1 N–H and O–H groups in total. The van der Waals surface area contributed by atoms with Crippen LogP contribution in [0.4, 0.5) is 5.95 Å². The van der Waals surface area contributed by atoms with E-state index in [1.165, 1.54) is 5.56 Å². The molecule has 4 heterocycles. The molecule has 4 atom stereocenters. The second-order valence-electron chi connectivity index (χ2n) is 10.3. The van der Waals surface area contributed by atoms with Crippen LogP contribution in [0.1, 0.15) is 36.1 Å². The summed E-state index contributed by atoms with van der Waals surface area (Å²) in [4.78, 5) is 29.9. The normalized spacial score (nSPS) is 27.0. The van der Waals surface area contributed by atoms with Crippen LogP contribution in [0.25, 0.3) is 0 Å². The van der Waals surface area contributed by atoms with Crippen molar-refractivity contribution in [3.8, 4) is 0 Å². The quantitative estimate of drug-likeness (QED) is 0.740. The van der Waals surface area contributed by atoms with Crippen LogP contribution in [0, 0.1) is 11.8 Å². The highest BCUT2D eigenvalue weighted by atomic mass is 16.2. The molecule has 3 aliphatic heterocycles. The van der Waals surface area contributed by atoms with E-state index in [9.17, 15) is 4.79 Å². The van der Waals surface area contributed by atoms with E-state index >= 15 is 0 Å². The molecule has 0 spiro atoms. The lowest BCUT2D eigenvalue weighted by Crippen LogP contribution is -2.50. The maximum absolute atomic E-state index is 13.9. The van der Waals surface area contributed by atoms with Gasteiger partial charge >= 0.3 is 0 Å². The molecule has 0 bridgehead atoms. The molecule has 2 aromatic rings. The van der Waals surface area contributed by atoms with Gasteiger partial charge in [0.15, 0.2) is 0 Å². The first-order chi connectivity index (χ1) is 16.5. The zero-order valence-electron chi connectivity index (χ0n) is 20.5. The summed E-state index contributed by atoms with van der Waals surface area (Å²) in [6.45, 7) is 6.42. The molecule has 5 rings (SSSR count). The van der Waals surface area contributed by atoms with Gasteiger partial charge in [-0.15, -0.1) is 0 Å². The topological polar surface area (TPSA) is 64.6 Å². The fourth-order valence-corrected chi connectivity index (χ4v) is 5.65. The maximum Gasteiger partial charge on any atom is 0.227 e. The number of hydrogen-bond acceptors (Lipinski definition) is 6. The van der Waals surface area contributed by atoms with E-state index < -0.39 is 0 Å². The Hall–Kier alpha value is -2.93. The number of amides is 1. The lowest BCUT2D eigenvalue weighted by molar-refractivity contribution is -0.141. The molecule has 1 unspecified atom stereocenters. The molecule has 7 heteroatoms. The van der Waals surface area contributed by atoms with Crippen molar-refractivity contribution in [2.45, 2.75) is 38.3 Å². The van der Waals surface area contributed by atoms with E-state index in [1.807, 2.05) is 12.3 Å². The first-order valence-corrected chi connectivity index (χ1v) is 12.5. The SMILES string of the molecule is C[C@@H]1Cc2cnc(NCC3C=CN(C)C3)nc2CN1C(=O)[C@H]1CCN(C)C[C@@H]1c1ccccc1. The molecule has 0 saturated carbocycles. The number of carbonyl (C=O) groups excluding carboxylic acids is 1. The molecular weight excluding hydrogens is 424 g/mol. The monoisotopic (exact) mass is 460 g/mol. The van der Waals surface area contributed by atoms with Crippen molar-refractivity contribution in [1.82, 2.24) is 24.7 Å². The molecule has 180 valence electrons. The summed E-state index contributed by atoms with van der Waals surface area (Å²) in [6.07, 6.45) is 7.99. The third-order valence-corrected chi connectivity index (χ3v) is 7.62. The number of hydrogen-bond donors (Lipinski definition) is 1. The molecule has 1 fully saturated rings. The second-order valence-corrected chi connectivity index (χ2v) is 10.3. The van der Waals surface area contributed by atoms with Crippen molar-refractivity contribution < 1.29 is 4.79 Å². The number of piperidine rings is 1. The standard InChI is InChI=1S/C27H36N6O/c1-19-13-22-15-29-27(28-14-20-9-11-31(2)16-20)30-25(22)18-33(19)26(34)23-10-12-32(3)17-24(23)21-7-5-4-6-8-21/h4-9,11,15,19-20,23-24H,10,12-14,16-18H2,1-3H3,(H,28,29,30)/t19-,20?,23+,24-/m1/s1. The lowest BCUT2D eigenvalue weighted by atomic mass is 9.79. The highest BCUT2D eigenvalue weighted by molar-refractivity contribution is 5.80. The van der Waals surface area contributed by atoms with Crippen LogP contribution in [0.5, 0.6) is 0 Å². The van der Waals surface area contributed by atoms with Gasteiger partial charge in [0.25, 0.3) is 0 Å². The Bertz CT molecular complexity index is 1040. The van der Waals surface area contributed by atoms with E-state index in [-0.39, 0.29) is 23.8 Å². The summed E-state index contributed by atoms with van der Waals surface area (Å²) in [6, 6.07) is 10.7. The van der Waals surface area contributed by atoms with Crippen LogP contribution in [0.3, 0.4) is 0 Å². The number of fused-ring (bicyclic) bond motifs is 1. The fraction of sp³-hybridized carbons (Fsp3) is 0.519. The van der Waals surface area contributed by atoms with Crippen molar-refractivity contribution in [2.24, 2.45) is 11.8 Å². The van der Waals surface area contributed by atoms with E-state index in [4.69, 9.17) is 4.98 Å². The Labute approximate surface area is 202 Å². The Balaban J connectivity index is 1.31. The average molecular weight is 461 g/mol. The number of nitrogens with zero attached hydrogens (tertiary/aromatic N) is 5. The van der Waals surface area contributed by atoms with E-state index in [1.54, 1.807) is 0 Å². The molecular formula is C27H36N6O. The first-order valence-electron chi connectivity index (χ1n) is 12.5. The third kappa shape index (κ3) is 4.80. The number of benzene rings is 1. The van der Waals surface area contributed by atoms with Crippen molar-refractivity contribution in [1.29, 1.82) is 0 Å². The molecule has 7 nitrogen and oxygen atoms in total. The zero-order chi connectivity index (χ0) is 23.7. The number of likely N-dealkylation sites (tertiary alicyclic amines) is 1. The molecule has 1 aromatic carbocycles. The van der Waals surface area contributed by atoms with Gasteiger partial charge in [-0.2, -0.15) is 0 Å². The average Bonchev–Trinajstić information content (AvgIpc) is 3.27. The number of likely N-dealkylation sites (N-methyl/N-ethyl adjacent to an activating group) is 1. The maximum atomic E-state index is 13.9. The Morgan fingerprint density at radius 2 is 2.00 bits per heavy atom. The number of carbonyl (C=O) groups is 1. The van der Waals surface area contributed by atoms with Crippen LogP contribution < -0.4 is 5.32 Å². The van der Waals surface area contributed by atoms with E-state index in [0.29, 0.717) is 18.4 Å². The van der Waals surface area contributed by atoms with Crippen molar-refractivity contribution >= 4 is 11.9 Å². The molecule has 0 aliphatic carbocycles. The summed E-state index contributed by atoms with van der Waals surface area (Å²) >= 11 is 0. The highest BCUT2D eigenvalue weighted by Gasteiger charge is 2.39. The number of anilines is 1. The molecule has 3 aliphatic rings. The Morgan fingerprint density at radius 1 is 1.18 bits per heavy atom. The molecule has 1 saturated heterocycles. The van der Waals surface area contributed by atoms with Gasteiger partial charge in [-0.05, 0) is 50.7 Å². The largest absolute Gasteiger partial charge is 0.380 e. The predicted octanol–water partition coefficient (Wildman–Crippen LogP) is 2.97. The van der Waals surface area contributed by atoms with Gasteiger partial charge in [-0.25, -0.2) is 9.97 Å². The van der Waals surface area contributed by atoms with Crippen LogP contribution >= 0.6 is 0 Å². The van der Waals surface area contributed by atoms with Crippen LogP contribution in [-0.2, 0) is 17.8 Å². The predicted molar refractivity (Wildman–Crippen MR) is 134 cm³/mol. The minimum atomic E-state index is 0.00757. The molecule has 34 heavy (non-hydrogen) atoms. The van der Waals surface area contributed by atoms with Gasteiger partial charge in [-0.1, -0.05) is 36.4 Å². The van der Waals surface area contributed by atoms with E-state index in [0.717, 1.165) is 50.3 Å². The smallest absolute Gasteiger partial charge is 0.227 e. The summed E-state index contributed by atoms with van der Waals surface area (Å²) in [7, 11) is 4.24. The van der Waals surface area contributed by atoms with Crippen molar-refractivity contribution in [3.05, 3.63) is 65.6 Å². The Morgan fingerprint density at radius 3 is 2.76 bits per heavy atom. The van der Waals surface area contributed by atoms with Gasteiger partial charge in [0.2, 0.25) is 11.9 Å².